The van der Waals surface area contributed by atoms with Gasteiger partial charge in [-0.2, -0.15) is 0 Å². The fourth-order valence-electron chi connectivity index (χ4n) is 1.71. The number of aryl methyl sites for hydroxylation is 1. The third kappa shape index (κ3) is 2.72. The van der Waals surface area contributed by atoms with Crippen LogP contribution in [0.2, 0.25) is 0 Å². The fourth-order valence-corrected chi connectivity index (χ4v) is 2.07. The molecule has 1 aromatic carbocycles. The third-order valence-electron chi connectivity index (χ3n) is 2.70. The summed E-state index contributed by atoms with van der Waals surface area (Å²) >= 11 is 2.26. The van der Waals surface area contributed by atoms with Gasteiger partial charge in [0.1, 0.15) is 11.5 Å². The molecule has 0 spiro atoms. The van der Waals surface area contributed by atoms with E-state index in [-0.39, 0.29) is 5.97 Å². The molecule has 4 nitrogen and oxygen atoms in total. The van der Waals surface area contributed by atoms with Gasteiger partial charge < -0.3 is 9.30 Å². The van der Waals surface area contributed by atoms with Crippen LogP contribution in [-0.4, -0.2) is 22.6 Å². The molecule has 0 unspecified atom stereocenters. The second-order valence-electron chi connectivity index (χ2n) is 3.89. The summed E-state index contributed by atoms with van der Waals surface area (Å²) in [6.07, 6.45) is 1.55. The van der Waals surface area contributed by atoms with E-state index in [1.165, 1.54) is 10.7 Å². The SMILES string of the molecule is COC(=O)c1cnc(C)n1Cc1ccc(I)cc1. The maximum Gasteiger partial charge on any atom is 0.356 e. The molecule has 0 radical (unpaired) electrons. The van der Waals surface area contributed by atoms with Crippen LogP contribution in [0.25, 0.3) is 0 Å². The zero-order valence-corrected chi connectivity index (χ0v) is 12.3. The van der Waals surface area contributed by atoms with E-state index in [2.05, 4.69) is 27.6 Å². The van der Waals surface area contributed by atoms with Crippen molar-refractivity contribution in [3.05, 3.63) is 51.1 Å². The van der Waals surface area contributed by atoms with Crippen molar-refractivity contribution in [1.82, 2.24) is 9.55 Å². The van der Waals surface area contributed by atoms with Gasteiger partial charge in [0.25, 0.3) is 0 Å². The number of ether oxygens (including phenoxy) is 1. The summed E-state index contributed by atoms with van der Waals surface area (Å²) in [6, 6.07) is 8.17. The van der Waals surface area contributed by atoms with E-state index < -0.39 is 0 Å². The van der Waals surface area contributed by atoms with Crippen LogP contribution < -0.4 is 0 Å². The summed E-state index contributed by atoms with van der Waals surface area (Å²) in [5, 5.41) is 0. The quantitative estimate of drug-likeness (QED) is 0.627. The summed E-state index contributed by atoms with van der Waals surface area (Å²) in [6.45, 7) is 2.49. The second-order valence-corrected chi connectivity index (χ2v) is 5.14. The normalized spacial score (nSPS) is 10.4. The molecule has 0 saturated heterocycles. The Labute approximate surface area is 119 Å². The molecule has 0 saturated carbocycles. The number of carbonyl (C=O) groups excluding carboxylic acids is 1. The lowest BCUT2D eigenvalue weighted by Gasteiger charge is -2.09. The van der Waals surface area contributed by atoms with E-state index in [1.54, 1.807) is 6.20 Å². The molecule has 0 fully saturated rings. The number of hydrogen-bond acceptors (Lipinski definition) is 3. The summed E-state index contributed by atoms with van der Waals surface area (Å²) < 4.78 is 7.79. The molecular formula is C13H13IN2O2. The number of esters is 1. The lowest BCUT2D eigenvalue weighted by Crippen LogP contribution is -2.12. The van der Waals surface area contributed by atoms with Gasteiger partial charge in [0, 0.05) is 10.1 Å². The molecule has 1 heterocycles. The van der Waals surface area contributed by atoms with Crippen LogP contribution in [0.15, 0.2) is 30.5 Å². The van der Waals surface area contributed by atoms with Gasteiger partial charge in [-0.25, -0.2) is 9.78 Å². The number of methoxy groups -OCH3 is 1. The zero-order valence-electron chi connectivity index (χ0n) is 10.2. The molecule has 0 aliphatic carbocycles. The lowest BCUT2D eigenvalue weighted by atomic mass is 10.2. The summed E-state index contributed by atoms with van der Waals surface area (Å²) in [5.41, 5.74) is 1.61. The third-order valence-corrected chi connectivity index (χ3v) is 3.42. The van der Waals surface area contributed by atoms with E-state index in [9.17, 15) is 4.79 Å². The smallest absolute Gasteiger partial charge is 0.356 e. The van der Waals surface area contributed by atoms with Crippen LogP contribution in [0.5, 0.6) is 0 Å². The first-order valence-electron chi connectivity index (χ1n) is 5.46. The van der Waals surface area contributed by atoms with E-state index in [1.807, 2.05) is 35.8 Å². The van der Waals surface area contributed by atoms with Gasteiger partial charge in [-0.05, 0) is 47.2 Å². The number of aromatic nitrogens is 2. The molecule has 5 heteroatoms. The first kappa shape index (κ1) is 13.1. The Balaban J connectivity index is 2.31. The number of benzene rings is 1. The standard InChI is InChI=1S/C13H13IN2O2/c1-9-15-7-12(13(17)18-2)16(9)8-10-3-5-11(14)6-4-10/h3-7H,8H2,1-2H3. The molecule has 0 atom stereocenters. The Hall–Kier alpha value is -1.37. The molecule has 2 rings (SSSR count). The molecule has 2 aromatic rings. The van der Waals surface area contributed by atoms with Crippen LogP contribution in [-0.2, 0) is 11.3 Å². The molecule has 0 amide bonds. The van der Waals surface area contributed by atoms with Crippen LogP contribution >= 0.6 is 22.6 Å². The zero-order chi connectivity index (χ0) is 13.1. The number of imidazole rings is 1. The predicted molar refractivity (Wildman–Crippen MR) is 76.6 cm³/mol. The molecule has 0 aliphatic heterocycles. The Bertz CT molecular complexity index is 561. The fraction of sp³-hybridized carbons (Fsp3) is 0.231. The number of hydrogen-bond donors (Lipinski definition) is 0. The van der Waals surface area contributed by atoms with Crippen molar-refractivity contribution in [3.63, 3.8) is 0 Å². The van der Waals surface area contributed by atoms with Crippen LogP contribution in [0, 0.1) is 10.5 Å². The Morgan fingerprint density at radius 3 is 2.67 bits per heavy atom. The van der Waals surface area contributed by atoms with Crippen LogP contribution in [0.4, 0.5) is 0 Å². The highest BCUT2D eigenvalue weighted by Crippen LogP contribution is 2.12. The number of nitrogens with zero attached hydrogens (tertiary/aromatic N) is 2. The minimum atomic E-state index is -0.360. The highest BCUT2D eigenvalue weighted by Gasteiger charge is 2.14. The van der Waals surface area contributed by atoms with Crippen molar-refractivity contribution in [2.45, 2.75) is 13.5 Å². The van der Waals surface area contributed by atoms with Gasteiger partial charge in [-0.3, -0.25) is 0 Å². The van der Waals surface area contributed by atoms with Crippen molar-refractivity contribution in [2.75, 3.05) is 7.11 Å². The average Bonchev–Trinajstić information content (AvgIpc) is 2.73. The number of halogens is 1. The maximum atomic E-state index is 11.6. The largest absolute Gasteiger partial charge is 0.464 e. The molecule has 0 aliphatic rings. The average molecular weight is 356 g/mol. The van der Waals surface area contributed by atoms with E-state index in [0.717, 1.165) is 11.4 Å². The van der Waals surface area contributed by atoms with Crippen molar-refractivity contribution >= 4 is 28.6 Å². The van der Waals surface area contributed by atoms with Gasteiger partial charge in [0.05, 0.1) is 13.3 Å². The monoisotopic (exact) mass is 356 g/mol. The van der Waals surface area contributed by atoms with Crippen molar-refractivity contribution in [3.8, 4) is 0 Å². The number of carbonyl (C=O) groups is 1. The van der Waals surface area contributed by atoms with Crippen molar-refractivity contribution < 1.29 is 9.53 Å². The summed E-state index contributed by atoms with van der Waals surface area (Å²) in [5.74, 6) is 0.440. The first-order chi connectivity index (χ1) is 8.61. The molecular weight excluding hydrogens is 343 g/mol. The van der Waals surface area contributed by atoms with E-state index in [0.29, 0.717) is 12.2 Å². The minimum absolute atomic E-state index is 0.360. The summed E-state index contributed by atoms with van der Waals surface area (Å²) in [4.78, 5) is 15.8. The molecule has 1 aromatic heterocycles. The van der Waals surface area contributed by atoms with Gasteiger partial charge in [-0.15, -0.1) is 0 Å². The highest BCUT2D eigenvalue weighted by molar-refractivity contribution is 14.1. The van der Waals surface area contributed by atoms with E-state index >= 15 is 0 Å². The topological polar surface area (TPSA) is 44.1 Å². The minimum Gasteiger partial charge on any atom is -0.464 e. The Morgan fingerprint density at radius 1 is 1.39 bits per heavy atom. The van der Waals surface area contributed by atoms with Crippen LogP contribution in [0.1, 0.15) is 21.9 Å². The van der Waals surface area contributed by atoms with Gasteiger partial charge in [-0.1, -0.05) is 12.1 Å². The van der Waals surface area contributed by atoms with Crippen molar-refractivity contribution in [1.29, 1.82) is 0 Å². The number of rotatable bonds is 3. The highest BCUT2D eigenvalue weighted by atomic mass is 127. The lowest BCUT2D eigenvalue weighted by molar-refractivity contribution is 0.0588. The van der Waals surface area contributed by atoms with Gasteiger partial charge >= 0.3 is 5.97 Å². The van der Waals surface area contributed by atoms with Crippen LogP contribution in [0.3, 0.4) is 0 Å². The molecule has 94 valence electrons. The molecule has 0 N–H and O–H groups in total. The Morgan fingerprint density at radius 2 is 2.06 bits per heavy atom. The first-order valence-corrected chi connectivity index (χ1v) is 6.54. The van der Waals surface area contributed by atoms with E-state index in [4.69, 9.17) is 4.74 Å². The summed E-state index contributed by atoms with van der Waals surface area (Å²) in [7, 11) is 1.37. The predicted octanol–water partition coefficient (Wildman–Crippen LogP) is 2.63. The molecule has 18 heavy (non-hydrogen) atoms. The van der Waals surface area contributed by atoms with Gasteiger partial charge in [0.15, 0.2) is 0 Å². The second kappa shape index (κ2) is 5.51. The Kier molecular flexibility index (Phi) is 4.00. The van der Waals surface area contributed by atoms with Gasteiger partial charge in [0.2, 0.25) is 0 Å². The molecule has 0 bridgehead atoms. The maximum absolute atomic E-state index is 11.6. The van der Waals surface area contributed by atoms with Crippen molar-refractivity contribution in [2.24, 2.45) is 0 Å².